The molecule has 0 bridgehead atoms. The highest BCUT2D eigenvalue weighted by molar-refractivity contribution is 6.30. The van der Waals surface area contributed by atoms with Crippen molar-refractivity contribution >= 4 is 40.5 Å². The number of nitrogen functional groups attached to an aromatic ring is 1. The predicted octanol–water partition coefficient (Wildman–Crippen LogP) is 3.67. The average molecular weight is 467 g/mol. The van der Waals surface area contributed by atoms with Gasteiger partial charge in [0.15, 0.2) is 23.1 Å². The van der Waals surface area contributed by atoms with Gasteiger partial charge in [0.1, 0.15) is 23.5 Å². The Kier molecular flexibility index (Phi) is 6.91. The molecule has 0 saturated carbocycles. The Bertz CT molecular complexity index is 931. The van der Waals surface area contributed by atoms with Crippen LogP contribution in [0.1, 0.15) is 19.3 Å². The number of aromatic nitrogens is 2. The lowest BCUT2D eigenvalue weighted by Crippen LogP contribution is -2.48. The van der Waals surface area contributed by atoms with E-state index in [2.05, 4.69) is 39.2 Å². The minimum absolute atomic E-state index is 0.255. The van der Waals surface area contributed by atoms with Crippen LogP contribution in [0, 0.1) is 0 Å². The van der Waals surface area contributed by atoms with Crippen molar-refractivity contribution < 1.29 is 9.47 Å². The smallest absolute Gasteiger partial charge is 0.185 e. The summed E-state index contributed by atoms with van der Waals surface area (Å²) in [5.74, 6) is 1.83. The fourth-order valence-electron chi connectivity index (χ4n) is 3.83. The fourth-order valence-corrected chi connectivity index (χ4v) is 4.18. The molecule has 4 heterocycles. The molecule has 2 saturated heterocycles. The molecule has 168 valence electrons. The van der Waals surface area contributed by atoms with Gasteiger partial charge in [-0.15, -0.1) is 0 Å². The second kappa shape index (κ2) is 9.65. The number of anilines is 3. The van der Waals surface area contributed by atoms with Gasteiger partial charge in [0.05, 0.1) is 5.69 Å². The van der Waals surface area contributed by atoms with Crippen LogP contribution < -0.4 is 20.5 Å². The van der Waals surface area contributed by atoms with Crippen molar-refractivity contribution in [1.82, 2.24) is 19.8 Å². The van der Waals surface area contributed by atoms with E-state index in [1.54, 1.807) is 18.2 Å². The molecule has 2 aliphatic rings. The van der Waals surface area contributed by atoms with Crippen molar-refractivity contribution in [1.29, 1.82) is 0 Å². The Morgan fingerprint density at radius 1 is 1.00 bits per heavy atom. The summed E-state index contributed by atoms with van der Waals surface area (Å²) < 4.78 is 12.1. The SMILES string of the molecule is CN1CC[C@@H]1COc1ccc(Cl)nc1Nc1nc(Cl)cc(N)c1OC[C@@H]1CCCN1C. The molecule has 3 N–H and O–H groups in total. The molecular formula is C21H28Cl2N6O2. The van der Waals surface area contributed by atoms with Crippen LogP contribution in [0.4, 0.5) is 17.3 Å². The summed E-state index contributed by atoms with van der Waals surface area (Å²) in [5.41, 5.74) is 6.62. The number of likely N-dealkylation sites (N-methyl/N-ethyl adjacent to an activating group) is 2. The summed E-state index contributed by atoms with van der Waals surface area (Å²) in [7, 11) is 4.18. The van der Waals surface area contributed by atoms with Gasteiger partial charge in [-0.1, -0.05) is 23.2 Å². The molecule has 2 aliphatic heterocycles. The highest BCUT2D eigenvalue weighted by Gasteiger charge is 2.26. The quantitative estimate of drug-likeness (QED) is 0.569. The molecule has 8 nitrogen and oxygen atoms in total. The van der Waals surface area contributed by atoms with E-state index in [0.29, 0.717) is 59.3 Å². The Morgan fingerprint density at radius 3 is 2.39 bits per heavy atom. The van der Waals surface area contributed by atoms with Crippen LogP contribution >= 0.6 is 23.2 Å². The lowest BCUT2D eigenvalue weighted by atomic mass is 10.1. The van der Waals surface area contributed by atoms with Crippen molar-refractivity contribution in [3.8, 4) is 11.5 Å². The number of ether oxygens (including phenoxy) is 2. The van der Waals surface area contributed by atoms with Crippen molar-refractivity contribution in [3.63, 3.8) is 0 Å². The molecular weight excluding hydrogens is 439 g/mol. The van der Waals surface area contributed by atoms with Crippen molar-refractivity contribution in [2.24, 2.45) is 0 Å². The Labute approximate surface area is 192 Å². The molecule has 2 aromatic rings. The zero-order chi connectivity index (χ0) is 22.0. The van der Waals surface area contributed by atoms with Crippen LogP contribution in [0.25, 0.3) is 0 Å². The largest absolute Gasteiger partial charge is 0.488 e. The van der Waals surface area contributed by atoms with E-state index in [4.69, 9.17) is 38.4 Å². The fraction of sp³-hybridized carbons (Fsp3) is 0.524. The van der Waals surface area contributed by atoms with Gasteiger partial charge in [0, 0.05) is 18.2 Å². The average Bonchev–Trinajstić information content (AvgIpc) is 3.12. The predicted molar refractivity (Wildman–Crippen MR) is 124 cm³/mol. The second-order valence-corrected chi connectivity index (χ2v) is 8.91. The van der Waals surface area contributed by atoms with E-state index in [1.807, 2.05) is 0 Å². The monoisotopic (exact) mass is 466 g/mol. The first-order valence-electron chi connectivity index (χ1n) is 10.5. The van der Waals surface area contributed by atoms with E-state index < -0.39 is 0 Å². The lowest BCUT2D eigenvalue weighted by Gasteiger charge is -2.37. The first-order chi connectivity index (χ1) is 14.9. The van der Waals surface area contributed by atoms with Gasteiger partial charge in [0.25, 0.3) is 0 Å². The number of nitrogens with zero attached hydrogens (tertiary/aromatic N) is 4. The molecule has 0 amide bonds. The summed E-state index contributed by atoms with van der Waals surface area (Å²) >= 11 is 12.3. The molecule has 0 aromatic carbocycles. The number of halogens is 2. The van der Waals surface area contributed by atoms with Gasteiger partial charge in [-0.25, -0.2) is 9.97 Å². The maximum atomic E-state index is 6.22. The third kappa shape index (κ3) is 5.26. The van der Waals surface area contributed by atoms with Gasteiger partial charge in [0.2, 0.25) is 0 Å². The second-order valence-electron chi connectivity index (χ2n) is 8.14. The third-order valence-electron chi connectivity index (χ3n) is 5.99. The third-order valence-corrected chi connectivity index (χ3v) is 6.40. The number of nitrogens with one attached hydrogen (secondary N) is 1. The number of likely N-dealkylation sites (tertiary alicyclic amines) is 2. The first kappa shape index (κ1) is 22.2. The zero-order valence-electron chi connectivity index (χ0n) is 17.8. The van der Waals surface area contributed by atoms with Crippen LogP contribution in [-0.4, -0.2) is 72.3 Å². The van der Waals surface area contributed by atoms with E-state index in [0.717, 1.165) is 32.4 Å². The summed E-state index contributed by atoms with van der Waals surface area (Å²) in [6, 6.07) is 5.80. The minimum Gasteiger partial charge on any atom is -0.488 e. The summed E-state index contributed by atoms with van der Waals surface area (Å²) in [6.07, 6.45) is 3.36. The van der Waals surface area contributed by atoms with E-state index in [9.17, 15) is 0 Å². The topological polar surface area (TPSA) is 88.8 Å². The maximum absolute atomic E-state index is 6.22. The van der Waals surface area contributed by atoms with Crippen LogP contribution in [0.5, 0.6) is 11.5 Å². The van der Waals surface area contributed by atoms with Crippen LogP contribution in [-0.2, 0) is 0 Å². The number of pyridine rings is 2. The molecule has 2 aromatic heterocycles. The number of rotatable bonds is 8. The molecule has 4 rings (SSSR count). The van der Waals surface area contributed by atoms with Crippen LogP contribution in [0.2, 0.25) is 10.3 Å². The molecule has 0 spiro atoms. The van der Waals surface area contributed by atoms with Crippen molar-refractivity contribution in [2.45, 2.75) is 31.3 Å². The Balaban J connectivity index is 1.54. The van der Waals surface area contributed by atoms with Crippen LogP contribution in [0.15, 0.2) is 18.2 Å². The normalized spacial score (nSPS) is 21.7. The lowest BCUT2D eigenvalue weighted by molar-refractivity contribution is 0.0770. The summed E-state index contributed by atoms with van der Waals surface area (Å²) in [5, 5.41) is 3.76. The van der Waals surface area contributed by atoms with Gasteiger partial charge < -0.3 is 25.4 Å². The van der Waals surface area contributed by atoms with Crippen molar-refractivity contribution in [3.05, 3.63) is 28.5 Å². The molecule has 2 atom stereocenters. The highest BCUT2D eigenvalue weighted by Crippen LogP contribution is 2.37. The Morgan fingerprint density at radius 2 is 1.71 bits per heavy atom. The molecule has 2 fully saturated rings. The van der Waals surface area contributed by atoms with E-state index in [-0.39, 0.29) is 5.15 Å². The van der Waals surface area contributed by atoms with E-state index >= 15 is 0 Å². The number of hydrogen-bond donors (Lipinski definition) is 2. The van der Waals surface area contributed by atoms with Crippen LogP contribution in [0.3, 0.4) is 0 Å². The Hall–Kier alpha value is -2.00. The first-order valence-corrected chi connectivity index (χ1v) is 11.2. The molecule has 0 aliphatic carbocycles. The van der Waals surface area contributed by atoms with E-state index in [1.165, 1.54) is 0 Å². The molecule has 10 heteroatoms. The molecule has 31 heavy (non-hydrogen) atoms. The minimum atomic E-state index is 0.255. The zero-order valence-corrected chi connectivity index (χ0v) is 19.3. The summed E-state index contributed by atoms with van der Waals surface area (Å²) in [4.78, 5) is 13.3. The molecule has 0 unspecified atom stereocenters. The van der Waals surface area contributed by atoms with Crippen molar-refractivity contribution in [2.75, 3.05) is 51.4 Å². The van der Waals surface area contributed by atoms with Gasteiger partial charge in [-0.05, 0) is 58.6 Å². The molecule has 0 radical (unpaired) electrons. The highest BCUT2D eigenvalue weighted by atomic mass is 35.5. The standard InChI is InChI=1S/C21H28Cl2N6O2/c1-28-8-3-4-13(28)12-31-19-15(24)10-18(23)26-21(19)27-20-16(5-6-17(22)25-20)30-11-14-7-9-29(14)2/h5-6,10,13-14H,3-4,7-9,11-12H2,1-2H3,(H3,24,25,26,27)/t13-,14+/m0/s1. The number of nitrogens with two attached hydrogens (primary N) is 1. The van der Waals surface area contributed by atoms with Gasteiger partial charge >= 0.3 is 0 Å². The maximum Gasteiger partial charge on any atom is 0.185 e. The van der Waals surface area contributed by atoms with Gasteiger partial charge in [-0.2, -0.15) is 0 Å². The summed E-state index contributed by atoms with van der Waals surface area (Å²) in [6.45, 7) is 3.23. The van der Waals surface area contributed by atoms with Gasteiger partial charge in [-0.3, -0.25) is 4.90 Å². The number of hydrogen-bond acceptors (Lipinski definition) is 8.